The Morgan fingerprint density at radius 1 is 0.725 bits per heavy atom. The van der Waals surface area contributed by atoms with Gasteiger partial charge in [-0.2, -0.15) is 0 Å². The minimum atomic E-state index is -0.958. The second-order valence-corrected chi connectivity index (χ2v) is 10.2. The second kappa shape index (κ2) is 17.5. The lowest BCUT2D eigenvalue weighted by atomic mass is 10.1. The van der Waals surface area contributed by atoms with Crippen LogP contribution >= 0.6 is 0 Å². The first-order chi connectivity index (χ1) is 19.1. The normalized spacial score (nSPS) is 11.6. The Kier molecular flexibility index (Phi) is 14.1. The Balaban J connectivity index is 1.68. The maximum Gasteiger partial charge on any atom is 0.408 e. The summed E-state index contributed by atoms with van der Waals surface area (Å²) in [5, 5.41) is 8.06. The van der Waals surface area contributed by atoms with Crippen LogP contribution < -0.4 is 16.0 Å². The lowest BCUT2D eigenvalue weighted by Crippen LogP contribution is -2.48. The highest BCUT2D eigenvalue weighted by Gasteiger charge is 2.25. The number of carbonyl (C=O) groups is 4. The van der Waals surface area contributed by atoms with E-state index in [0.717, 1.165) is 17.5 Å². The van der Waals surface area contributed by atoms with Crippen molar-refractivity contribution in [1.82, 2.24) is 16.0 Å². The van der Waals surface area contributed by atoms with Crippen molar-refractivity contribution in [1.29, 1.82) is 0 Å². The van der Waals surface area contributed by atoms with E-state index < -0.39 is 35.7 Å². The van der Waals surface area contributed by atoms with Gasteiger partial charge in [0.25, 0.3) is 0 Å². The molecular weight excluding hydrogens is 514 g/mol. The largest absolute Gasteiger partial charge is 0.461 e. The van der Waals surface area contributed by atoms with E-state index in [1.807, 2.05) is 60.7 Å². The molecule has 3 N–H and O–H groups in total. The van der Waals surface area contributed by atoms with Crippen LogP contribution in [0.15, 0.2) is 60.7 Å². The average molecular weight is 556 g/mol. The molecule has 0 saturated carbocycles. The summed E-state index contributed by atoms with van der Waals surface area (Å²) in [6.45, 7) is 6.34. The van der Waals surface area contributed by atoms with Gasteiger partial charge < -0.3 is 30.2 Å². The summed E-state index contributed by atoms with van der Waals surface area (Å²) in [6, 6.07) is 17.7. The first-order valence-electron chi connectivity index (χ1n) is 13.5. The van der Waals surface area contributed by atoms with E-state index in [0.29, 0.717) is 25.9 Å². The number of rotatable bonds is 15. The van der Waals surface area contributed by atoms with Gasteiger partial charge in [-0.25, -0.2) is 9.59 Å². The van der Waals surface area contributed by atoms with Crippen LogP contribution in [-0.4, -0.2) is 48.8 Å². The fraction of sp³-hybridized carbons (Fsp3) is 0.467. The van der Waals surface area contributed by atoms with Crippen LogP contribution in [0.2, 0.25) is 0 Å². The summed E-state index contributed by atoms with van der Waals surface area (Å²) in [5.74, 6) is -0.883. The predicted octanol–water partition coefficient (Wildman–Crippen LogP) is 4.62. The third kappa shape index (κ3) is 14.8. The van der Waals surface area contributed by atoms with Crippen molar-refractivity contribution >= 4 is 24.1 Å². The first-order valence-corrected chi connectivity index (χ1v) is 13.5. The van der Waals surface area contributed by atoms with Gasteiger partial charge in [0.15, 0.2) is 0 Å². The predicted molar refractivity (Wildman–Crippen MR) is 150 cm³/mol. The number of hydrogen-bond acceptors (Lipinski definition) is 7. The molecule has 218 valence electrons. The van der Waals surface area contributed by atoms with E-state index in [1.165, 1.54) is 0 Å². The number of nitrogens with one attached hydrogen (secondary N) is 3. The fourth-order valence-corrected chi connectivity index (χ4v) is 3.52. The maximum absolute atomic E-state index is 12.8. The molecule has 2 rings (SSSR count). The van der Waals surface area contributed by atoms with E-state index in [9.17, 15) is 19.2 Å². The molecule has 0 aliphatic heterocycles. The minimum Gasteiger partial charge on any atom is -0.461 e. The lowest BCUT2D eigenvalue weighted by Gasteiger charge is -2.23. The molecule has 10 heteroatoms. The van der Waals surface area contributed by atoms with Crippen molar-refractivity contribution in [3.63, 3.8) is 0 Å². The molecular formula is C30H41N3O7. The van der Waals surface area contributed by atoms with Crippen LogP contribution in [0.5, 0.6) is 0 Å². The molecule has 0 bridgehead atoms. The van der Waals surface area contributed by atoms with Crippen molar-refractivity contribution in [3.05, 3.63) is 71.8 Å². The molecule has 0 saturated heterocycles. The van der Waals surface area contributed by atoms with Gasteiger partial charge in [0, 0.05) is 19.5 Å². The minimum absolute atomic E-state index is 0.0488. The Labute approximate surface area is 236 Å². The SMILES string of the molecule is CC(C)(C)OC(=O)N[C@@H](CCC(=O)OCc1ccccc1)C(=O)NCCCCCNC(=O)OCc1ccccc1. The van der Waals surface area contributed by atoms with E-state index in [-0.39, 0.29) is 26.1 Å². The number of benzene rings is 2. The van der Waals surface area contributed by atoms with Crippen molar-refractivity contribution < 1.29 is 33.4 Å². The Morgan fingerprint density at radius 2 is 1.27 bits per heavy atom. The number of amides is 3. The van der Waals surface area contributed by atoms with Crippen molar-refractivity contribution in [2.24, 2.45) is 0 Å². The molecule has 0 fully saturated rings. The summed E-state index contributed by atoms with van der Waals surface area (Å²) < 4.78 is 15.7. The van der Waals surface area contributed by atoms with Crippen LogP contribution in [0.3, 0.4) is 0 Å². The molecule has 1 atom stereocenters. The molecule has 0 aliphatic carbocycles. The van der Waals surface area contributed by atoms with Crippen molar-refractivity contribution in [2.75, 3.05) is 13.1 Å². The molecule has 40 heavy (non-hydrogen) atoms. The maximum atomic E-state index is 12.8. The summed E-state index contributed by atoms with van der Waals surface area (Å²) >= 11 is 0. The molecule has 10 nitrogen and oxygen atoms in total. The lowest BCUT2D eigenvalue weighted by molar-refractivity contribution is -0.145. The Hall–Kier alpha value is -4.08. The standard InChI is InChI=1S/C30H41N3O7/c1-30(2,3)40-29(37)33-25(17-18-26(34)38-21-23-13-7-4-8-14-23)27(35)31-19-11-6-12-20-32-28(36)39-22-24-15-9-5-10-16-24/h4-5,7-10,13-16,25H,6,11-12,17-22H2,1-3H3,(H,31,35)(H,32,36)(H,33,37)/t25-/m0/s1. The molecule has 0 spiro atoms. The summed E-state index contributed by atoms with van der Waals surface area (Å²) in [7, 11) is 0. The van der Waals surface area contributed by atoms with Crippen LogP contribution in [-0.2, 0) is 37.0 Å². The highest BCUT2D eigenvalue weighted by molar-refractivity contribution is 5.86. The first kappa shape index (κ1) is 32.1. The molecule has 2 aromatic rings. The van der Waals surface area contributed by atoms with Crippen molar-refractivity contribution in [2.45, 2.75) is 77.7 Å². The van der Waals surface area contributed by atoms with Gasteiger partial charge in [-0.3, -0.25) is 9.59 Å². The highest BCUT2D eigenvalue weighted by atomic mass is 16.6. The van der Waals surface area contributed by atoms with Gasteiger partial charge >= 0.3 is 18.2 Å². The van der Waals surface area contributed by atoms with Gasteiger partial charge in [0.05, 0.1) is 0 Å². The summed E-state index contributed by atoms with van der Waals surface area (Å²) in [5.41, 5.74) is 1.04. The Morgan fingerprint density at radius 3 is 1.85 bits per heavy atom. The van der Waals surface area contributed by atoms with E-state index in [2.05, 4.69) is 16.0 Å². The summed E-state index contributed by atoms with van der Waals surface area (Å²) in [6.07, 6.45) is 0.940. The number of carbonyl (C=O) groups excluding carboxylic acids is 4. The van der Waals surface area contributed by atoms with E-state index in [1.54, 1.807) is 20.8 Å². The number of esters is 1. The Bertz CT molecular complexity index is 1060. The third-order valence-electron chi connectivity index (χ3n) is 5.52. The molecule has 3 amide bonds. The summed E-state index contributed by atoms with van der Waals surface area (Å²) in [4.78, 5) is 49.1. The van der Waals surface area contributed by atoms with Crippen LogP contribution in [0.4, 0.5) is 9.59 Å². The smallest absolute Gasteiger partial charge is 0.408 e. The average Bonchev–Trinajstić information content (AvgIpc) is 2.92. The molecule has 0 unspecified atom stereocenters. The zero-order valence-corrected chi connectivity index (χ0v) is 23.6. The van der Waals surface area contributed by atoms with Gasteiger partial charge in [0.1, 0.15) is 24.9 Å². The quantitative estimate of drug-likeness (QED) is 0.166. The van der Waals surface area contributed by atoms with Crippen molar-refractivity contribution in [3.8, 4) is 0 Å². The van der Waals surface area contributed by atoms with Gasteiger partial charge in [0.2, 0.25) is 5.91 Å². The second-order valence-electron chi connectivity index (χ2n) is 10.2. The zero-order valence-electron chi connectivity index (χ0n) is 23.6. The topological polar surface area (TPSA) is 132 Å². The van der Waals surface area contributed by atoms with Gasteiger partial charge in [-0.05, 0) is 57.6 Å². The zero-order chi connectivity index (χ0) is 29.2. The molecule has 0 aromatic heterocycles. The van der Waals surface area contributed by atoms with E-state index >= 15 is 0 Å². The van der Waals surface area contributed by atoms with E-state index in [4.69, 9.17) is 14.2 Å². The van der Waals surface area contributed by atoms with Gasteiger partial charge in [-0.1, -0.05) is 60.7 Å². The number of ether oxygens (including phenoxy) is 3. The molecule has 0 aliphatic rings. The highest BCUT2D eigenvalue weighted by Crippen LogP contribution is 2.09. The number of unbranched alkanes of at least 4 members (excludes halogenated alkanes) is 2. The number of hydrogen-bond donors (Lipinski definition) is 3. The molecule has 2 aromatic carbocycles. The fourth-order valence-electron chi connectivity index (χ4n) is 3.52. The number of alkyl carbamates (subject to hydrolysis) is 2. The monoisotopic (exact) mass is 555 g/mol. The van der Waals surface area contributed by atoms with Crippen LogP contribution in [0, 0.1) is 0 Å². The molecule has 0 heterocycles. The third-order valence-corrected chi connectivity index (χ3v) is 5.52. The molecule has 0 radical (unpaired) electrons. The van der Waals surface area contributed by atoms with Gasteiger partial charge in [-0.15, -0.1) is 0 Å². The van der Waals surface area contributed by atoms with Crippen LogP contribution in [0.1, 0.15) is 64.0 Å². The van der Waals surface area contributed by atoms with Crippen LogP contribution in [0.25, 0.3) is 0 Å².